The first-order valence-electron chi connectivity index (χ1n) is 24.0. The summed E-state index contributed by atoms with van der Waals surface area (Å²) >= 11 is 0. The topological polar surface area (TPSA) is 354 Å². The number of nitrogens with one attached hydrogen (secondary N) is 5. The van der Waals surface area contributed by atoms with E-state index in [2.05, 4.69) is 26.6 Å². The van der Waals surface area contributed by atoms with Crippen LogP contribution in [0, 0.1) is 0 Å². The van der Waals surface area contributed by atoms with Crippen LogP contribution in [0.3, 0.4) is 0 Å². The molecular weight excluding hydrogens is 907 g/mol. The van der Waals surface area contributed by atoms with E-state index in [4.69, 9.17) is 37.6 Å². The molecule has 0 spiro atoms. The highest BCUT2D eigenvalue weighted by molar-refractivity contribution is 6.59. The minimum absolute atomic E-state index is 0.0237. The molecule has 0 aromatic carbocycles. The van der Waals surface area contributed by atoms with Gasteiger partial charge in [-0.05, 0) is 32.1 Å². The van der Waals surface area contributed by atoms with E-state index in [1.54, 1.807) is 0 Å². The van der Waals surface area contributed by atoms with Crippen LogP contribution >= 0.6 is 0 Å². The Labute approximate surface area is 405 Å². The number of amides is 6. The van der Waals surface area contributed by atoms with Crippen molar-refractivity contribution in [2.24, 2.45) is 5.73 Å². The number of nitrogens with two attached hydrogens (primary N) is 1. The minimum Gasteiger partial charge on any atom is -0.481 e. The van der Waals surface area contributed by atoms with Crippen molar-refractivity contribution >= 4 is 66.9 Å². The molecule has 0 aromatic rings. The highest BCUT2D eigenvalue weighted by Gasteiger charge is 2.24. The number of carbonyl (C=O) groups is 10. The Balaban J connectivity index is 3.98. The third kappa shape index (κ3) is 41.5. The molecule has 0 saturated carbocycles. The van der Waals surface area contributed by atoms with Gasteiger partial charge >= 0.3 is 17.9 Å². The number of carbonyl (C=O) groups excluding carboxylic acids is 7. The van der Waals surface area contributed by atoms with E-state index in [1.807, 2.05) is 0 Å². The zero-order valence-corrected chi connectivity index (χ0v) is 40.1. The van der Waals surface area contributed by atoms with E-state index < -0.39 is 77.2 Å². The Bertz CT molecular complexity index is 1540. The number of hydrogen-bond donors (Lipinski definition) is 9. The van der Waals surface area contributed by atoms with Gasteiger partial charge in [0, 0.05) is 45.2 Å². The fourth-order valence-corrected chi connectivity index (χ4v) is 6.52. The van der Waals surface area contributed by atoms with Gasteiger partial charge in [-0.2, -0.15) is 0 Å². The van der Waals surface area contributed by atoms with E-state index in [1.165, 1.54) is 25.7 Å². The Kier molecular flexibility index (Phi) is 39.6. The number of unbranched alkanes of at least 4 members (excludes halogenated alkanes) is 13. The molecule has 0 aliphatic heterocycles. The maximum Gasteiger partial charge on any atom is 0.326 e. The van der Waals surface area contributed by atoms with Gasteiger partial charge in [0.2, 0.25) is 35.4 Å². The molecule has 0 saturated heterocycles. The van der Waals surface area contributed by atoms with Crippen molar-refractivity contribution in [1.29, 1.82) is 0 Å². The molecule has 0 rings (SSSR count). The maximum atomic E-state index is 12.5. The lowest BCUT2D eigenvalue weighted by Gasteiger charge is -2.17. The molecule has 10 N–H and O–H groups in total. The molecule has 0 aliphatic carbocycles. The zero-order valence-electron chi connectivity index (χ0n) is 40.1. The fourth-order valence-electron chi connectivity index (χ4n) is 6.52. The van der Waals surface area contributed by atoms with Gasteiger partial charge < -0.3 is 71.4 Å². The maximum absolute atomic E-state index is 12.5. The molecule has 0 fully saturated rings. The van der Waals surface area contributed by atoms with Crippen molar-refractivity contribution in [1.82, 2.24) is 26.6 Å². The van der Waals surface area contributed by atoms with Gasteiger partial charge in [0.05, 0.1) is 51.4 Å². The van der Waals surface area contributed by atoms with Gasteiger partial charge in [-0.15, -0.1) is 0 Å². The summed E-state index contributed by atoms with van der Waals surface area (Å²) in [5, 5.41) is 40.0. The number of hydrogen-bond acceptors (Lipinski definition) is 14. The van der Waals surface area contributed by atoms with Crippen molar-refractivity contribution in [3.63, 3.8) is 0 Å². The Morgan fingerprint density at radius 3 is 1.20 bits per heavy atom. The van der Waals surface area contributed by atoms with Crippen LogP contribution < -0.4 is 32.3 Å². The summed E-state index contributed by atoms with van der Waals surface area (Å²) in [7, 11) is 5.20. The summed E-state index contributed by atoms with van der Waals surface area (Å²) in [6.45, 7) is 0.303. The largest absolute Gasteiger partial charge is 0.481 e. The smallest absolute Gasteiger partial charge is 0.326 e. The van der Waals surface area contributed by atoms with Gasteiger partial charge in [-0.25, -0.2) is 9.59 Å². The number of ether oxygens (including phenoxy) is 4. The third-order valence-corrected chi connectivity index (χ3v) is 10.3. The lowest BCUT2D eigenvalue weighted by Crippen LogP contribution is -2.44. The fraction of sp³-hybridized carbons (Fsp3) is 0.778. The highest BCUT2D eigenvalue weighted by Crippen LogP contribution is 2.14. The van der Waals surface area contributed by atoms with Crippen LogP contribution in [0.5, 0.6) is 0 Å². The Morgan fingerprint density at radius 1 is 0.406 bits per heavy atom. The Hall–Kier alpha value is -5.20. The average molecular weight is 985 g/mol. The predicted molar refractivity (Wildman–Crippen MR) is 250 cm³/mol. The number of carboxylic acids is 3. The van der Waals surface area contributed by atoms with Crippen molar-refractivity contribution in [3.8, 4) is 0 Å². The summed E-state index contributed by atoms with van der Waals surface area (Å²) in [4.78, 5) is 117. The summed E-state index contributed by atoms with van der Waals surface area (Å²) in [6.07, 6.45) is 13.6. The molecule has 24 heteroatoms. The first-order chi connectivity index (χ1) is 33.0. The second-order valence-corrected chi connectivity index (χ2v) is 16.4. The molecule has 0 bridgehead atoms. The van der Waals surface area contributed by atoms with Crippen LogP contribution in [0.4, 0.5) is 0 Å². The first kappa shape index (κ1) is 63.8. The van der Waals surface area contributed by atoms with Gasteiger partial charge in [-0.1, -0.05) is 77.0 Å². The zero-order chi connectivity index (χ0) is 51.5. The predicted octanol–water partition coefficient (Wildman–Crippen LogP) is 0.756. The molecule has 392 valence electrons. The number of carboxylic acid groups (broad SMARTS) is 3. The monoisotopic (exact) mass is 985 g/mol. The highest BCUT2D eigenvalue weighted by atomic mass is 16.5. The molecule has 2 radical (unpaired) electrons. The van der Waals surface area contributed by atoms with Crippen LogP contribution in [-0.2, 0) is 66.9 Å². The first-order valence-corrected chi connectivity index (χ1v) is 24.0. The van der Waals surface area contributed by atoms with Crippen molar-refractivity contribution in [2.75, 3.05) is 65.9 Å². The SMILES string of the molecule is [B]C(=O)C(CCC(N)=O)NC(=O)COCCOCCNC(=O)COCCOCCNC(=O)CC[C@H](NC(=O)CCC(NC(=O)CCCCCCCCCCCCCCCCC(=O)O)C(=O)O)C(=O)O. The van der Waals surface area contributed by atoms with Crippen LogP contribution in [0.25, 0.3) is 0 Å². The summed E-state index contributed by atoms with van der Waals surface area (Å²) in [6, 6.07) is -3.78. The standard InChI is InChI=1S/C45H77BN6O17/c46-43(61)33(17-20-36(47)53)50-41(58)32-69-30-28-67-26-24-49-40(57)31-68-29-27-66-25-23-48-37(54)21-18-34(44(62)63)52-39(56)22-19-35(45(64)65)51-38(55)15-13-11-9-7-5-3-1-2-4-6-8-10-12-14-16-42(59)60/h33-35H,1-32H2,(H2,47,53)(H,48,54)(H,49,57)(H,50,58)(H,51,55)(H,52,56)(H,59,60)(H,62,63)(H,64,65)/t33?,34-,35?/m0/s1. The summed E-state index contributed by atoms with van der Waals surface area (Å²) in [5.74, 6) is -6.74. The number of aliphatic carboxylic acids is 3. The molecule has 0 heterocycles. The van der Waals surface area contributed by atoms with Gasteiger partial charge in [0.25, 0.3) is 0 Å². The van der Waals surface area contributed by atoms with Crippen LogP contribution in [0.15, 0.2) is 0 Å². The van der Waals surface area contributed by atoms with Crippen LogP contribution in [-0.4, -0.2) is 166 Å². The van der Waals surface area contributed by atoms with E-state index in [9.17, 15) is 58.2 Å². The van der Waals surface area contributed by atoms with Crippen molar-refractivity contribution in [2.45, 2.75) is 159 Å². The minimum atomic E-state index is -1.40. The van der Waals surface area contributed by atoms with Crippen molar-refractivity contribution in [3.05, 3.63) is 0 Å². The van der Waals surface area contributed by atoms with Crippen LogP contribution in [0.1, 0.15) is 141 Å². The molecule has 6 amide bonds. The summed E-state index contributed by atoms with van der Waals surface area (Å²) < 4.78 is 21.0. The van der Waals surface area contributed by atoms with E-state index in [0.717, 1.165) is 57.8 Å². The Morgan fingerprint density at radius 2 is 0.768 bits per heavy atom. The molecule has 23 nitrogen and oxygen atoms in total. The molecule has 0 aliphatic rings. The molecule has 0 aromatic heterocycles. The van der Waals surface area contributed by atoms with Gasteiger partial charge in [-0.3, -0.25) is 33.6 Å². The second-order valence-electron chi connectivity index (χ2n) is 16.4. The number of rotatable bonds is 48. The number of primary amides is 1. The molecule has 3 atom stereocenters. The lowest BCUT2D eigenvalue weighted by molar-refractivity contribution is -0.143. The summed E-state index contributed by atoms with van der Waals surface area (Å²) in [5.41, 5.74) is 4.23. The van der Waals surface area contributed by atoms with Gasteiger partial charge in [0.15, 0.2) is 7.85 Å². The molecule has 69 heavy (non-hydrogen) atoms. The second kappa shape index (κ2) is 42.9. The van der Waals surface area contributed by atoms with E-state index >= 15 is 0 Å². The normalized spacial score (nSPS) is 12.2. The quantitative estimate of drug-likeness (QED) is 0.0300. The van der Waals surface area contributed by atoms with E-state index in [0.29, 0.717) is 6.42 Å². The van der Waals surface area contributed by atoms with Crippen molar-refractivity contribution < 1.29 is 82.2 Å². The van der Waals surface area contributed by atoms with Gasteiger partial charge in [0.1, 0.15) is 25.3 Å². The lowest BCUT2D eigenvalue weighted by atomic mass is 9.92. The van der Waals surface area contributed by atoms with Crippen LogP contribution in [0.2, 0.25) is 0 Å². The average Bonchev–Trinajstić information content (AvgIpc) is 3.28. The van der Waals surface area contributed by atoms with E-state index in [-0.39, 0.29) is 117 Å². The third-order valence-electron chi connectivity index (χ3n) is 10.3. The molecule has 2 unspecified atom stereocenters. The molecular formula is C45H77BN6O17.